The van der Waals surface area contributed by atoms with Gasteiger partial charge in [-0.3, -0.25) is 5.41 Å². The minimum Gasteiger partial charge on any atom is -0.463 e. The van der Waals surface area contributed by atoms with Crippen LogP contribution in [0.1, 0.15) is 12.2 Å². The average molecular weight is 379 g/mol. The maximum atomic E-state index is 10.5. The molecule has 146 valence electrons. The fourth-order valence-electron chi connectivity index (χ4n) is 2.64. The van der Waals surface area contributed by atoms with Crippen LogP contribution in [0.5, 0.6) is 0 Å². The van der Waals surface area contributed by atoms with E-state index in [9.17, 15) is 4.79 Å². The van der Waals surface area contributed by atoms with E-state index in [1.54, 1.807) is 24.3 Å². The zero-order valence-corrected chi connectivity index (χ0v) is 15.5. The fourth-order valence-corrected chi connectivity index (χ4v) is 2.64. The number of aldehydes is 1. The molecule has 1 aromatic heterocycles. The number of nitrogens with one attached hydrogen (secondary N) is 1. The standard InChI is InChI=1S/C12H13N3O.C10H12O2/c13-8-3-1-4-10(14)9(7-8)12(15)11-5-2-6-16-11;11-7-10(8-12)9-5-3-1-2-4-6-9/h1-3,5-7,15H,4,13-14H2;1-7,9-10,12H,8H2. The highest BCUT2D eigenvalue weighted by Gasteiger charge is 2.15. The molecule has 1 aromatic rings. The third-order valence-electron chi connectivity index (χ3n) is 4.22. The Hall–Kier alpha value is -3.38. The summed E-state index contributed by atoms with van der Waals surface area (Å²) in [5.74, 6) is 0.212. The van der Waals surface area contributed by atoms with Crippen molar-refractivity contribution in [2.24, 2.45) is 23.3 Å². The van der Waals surface area contributed by atoms with E-state index in [0.29, 0.717) is 29.1 Å². The normalized spacial score (nSPS) is 17.2. The molecule has 3 rings (SSSR count). The predicted octanol–water partition coefficient (Wildman–Crippen LogP) is 2.75. The van der Waals surface area contributed by atoms with Gasteiger partial charge in [-0.05, 0) is 24.3 Å². The minimum absolute atomic E-state index is 0.0301. The first kappa shape index (κ1) is 20.9. The molecule has 28 heavy (non-hydrogen) atoms. The van der Waals surface area contributed by atoms with E-state index in [1.165, 1.54) is 6.26 Å². The summed E-state index contributed by atoms with van der Waals surface area (Å²) >= 11 is 0. The smallest absolute Gasteiger partial charge is 0.152 e. The number of allylic oxidation sites excluding steroid dienone is 10. The zero-order valence-electron chi connectivity index (χ0n) is 15.5. The van der Waals surface area contributed by atoms with Crippen LogP contribution in [0.4, 0.5) is 0 Å². The van der Waals surface area contributed by atoms with Gasteiger partial charge in [0, 0.05) is 35.2 Å². The van der Waals surface area contributed by atoms with Crippen molar-refractivity contribution in [1.82, 2.24) is 0 Å². The molecule has 0 saturated carbocycles. The largest absolute Gasteiger partial charge is 0.463 e. The number of aliphatic hydroxyl groups is 1. The number of carbonyl (C=O) groups is 1. The molecule has 0 aromatic carbocycles. The maximum absolute atomic E-state index is 10.5. The Morgan fingerprint density at radius 3 is 2.57 bits per heavy atom. The van der Waals surface area contributed by atoms with Gasteiger partial charge in [-0.15, -0.1) is 0 Å². The molecule has 2 aliphatic rings. The molecule has 2 aliphatic carbocycles. The highest BCUT2D eigenvalue weighted by molar-refractivity contribution is 6.11. The summed E-state index contributed by atoms with van der Waals surface area (Å²) in [7, 11) is 0. The summed E-state index contributed by atoms with van der Waals surface area (Å²) in [6.07, 6.45) is 19.7. The molecule has 0 spiro atoms. The number of hydrogen-bond donors (Lipinski definition) is 4. The number of hydrogen-bond acceptors (Lipinski definition) is 6. The first-order chi connectivity index (χ1) is 13.6. The summed E-state index contributed by atoms with van der Waals surface area (Å²) in [6, 6.07) is 3.47. The third-order valence-corrected chi connectivity index (χ3v) is 4.22. The Morgan fingerprint density at radius 2 is 2.00 bits per heavy atom. The second-order valence-corrected chi connectivity index (χ2v) is 6.26. The van der Waals surface area contributed by atoms with Gasteiger partial charge in [-0.25, -0.2) is 0 Å². The fraction of sp³-hybridized carbons (Fsp3) is 0.182. The lowest BCUT2D eigenvalue weighted by molar-refractivity contribution is -0.112. The Balaban J connectivity index is 0.000000209. The van der Waals surface area contributed by atoms with Crippen LogP contribution in [0.15, 0.2) is 94.5 Å². The lowest BCUT2D eigenvalue weighted by Gasteiger charge is -2.11. The van der Waals surface area contributed by atoms with E-state index >= 15 is 0 Å². The SMILES string of the molecule is N=C(C1=C(N)CC=CC(N)=C1)c1ccco1.O=CC(CO)C1C=CC=CC=C1. The van der Waals surface area contributed by atoms with E-state index in [4.69, 9.17) is 26.4 Å². The summed E-state index contributed by atoms with van der Waals surface area (Å²) in [6.45, 7) is -0.0944. The number of furan rings is 1. The van der Waals surface area contributed by atoms with Crippen molar-refractivity contribution in [2.75, 3.05) is 6.61 Å². The highest BCUT2D eigenvalue weighted by Crippen LogP contribution is 2.18. The molecule has 0 saturated heterocycles. The summed E-state index contributed by atoms with van der Waals surface area (Å²) < 4.78 is 5.17. The van der Waals surface area contributed by atoms with Crippen LogP contribution in [0.3, 0.4) is 0 Å². The topological polar surface area (TPSA) is 126 Å². The average Bonchev–Trinajstić information content (AvgIpc) is 3.02. The second kappa shape index (κ2) is 10.7. The summed E-state index contributed by atoms with van der Waals surface area (Å²) in [5, 5.41) is 16.8. The van der Waals surface area contributed by atoms with Gasteiger partial charge < -0.3 is 25.8 Å². The first-order valence-corrected chi connectivity index (χ1v) is 8.89. The van der Waals surface area contributed by atoms with Crippen LogP contribution in [0, 0.1) is 17.2 Å². The van der Waals surface area contributed by atoms with Crippen molar-refractivity contribution >= 4 is 12.0 Å². The number of carbonyl (C=O) groups excluding carboxylic acids is 1. The van der Waals surface area contributed by atoms with Gasteiger partial charge in [0.05, 0.1) is 12.9 Å². The van der Waals surface area contributed by atoms with Crippen LogP contribution in [0.2, 0.25) is 0 Å². The van der Waals surface area contributed by atoms with Crippen molar-refractivity contribution in [2.45, 2.75) is 6.42 Å². The minimum atomic E-state index is -0.308. The predicted molar refractivity (Wildman–Crippen MR) is 110 cm³/mol. The Kier molecular flexibility index (Phi) is 7.99. The van der Waals surface area contributed by atoms with E-state index in [1.807, 2.05) is 42.5 Å². The van der Waals surface area contributed by atoms with Crippen molar-refractivity contribution in [3.8, 4) is 0 Å². The van der Waals surface area contributed by atoms with Crippen LogP contribution >= 0.6 is 0 Å². The van der Waals surface area contributed by atoms with Crippen molar-refractivity contribution in [3.05, 3.63) is 95.8 Å². The van der Waals surface area contributed by atoms with Gasteiger partial charge in [0.1, 0.15) is 12.0 Å². The lowest BCUT2D eigenvalue weighted by atomic mass is 9.94. The molecule has 6 heteroatoms. The van der Waals surface area contributed by atoms with Gasteiger partial charge in [-0.1, -0.05) is 42.5 Å². The Labute approximate surface area is 164 Å². The second-order valence-electron chi connectivity index (χ2n) is 6.26. The van der Waals surface area contributed by atoms with Crippen LogP contribution < -0.4 is 11.5 Å². The number of aliphatic hydroxyl groups excluding tert-OH is 1. The molecule has 1 heterocycles. The maximum Gasteiger partial charge on any atom is 0.152 e. The van der Waals surface area contributed by atoms with Gasteiger partial charge in [0.25, 0.3) is 0 Å². The molecule has 1 unspecified atom stereocenters. The summed E-state index contributed by atoms with van der Waals surface area (Å²) in [5.41, 5.74) is 13.7. The molecular weight excluding hydrogens is 354 g/mol. The van der Waals surface area contributed by atoms with Gasteiger partial charge >= 0.3 is 0 Å². The Bertz CT molecular complexity index is 840. The van der Waals surface area contributed by atoms with E-state index in [0.717, 1.165) is 6.29 Å². The number of rotatable bonds is 5. The van der Waals surface area contributed by atoms with Crippen LogP contribution in [-0.4, -0.2) is 23.7 Å². The zero-order chi connectivity index (χ0) is 20.4. The quantitative estimate of drug-likeness (QED) is 0.462. The molecule has 6 N–H and O–H groups in total. The third kappa shape index (κ3) is 5.82. The van der Waals surface area contributed by atoms with Gasteiger partial charge in [0.15, 0.2) is 5.76 Å². The summed E-state index contributed by atoms with van der Waals surface area (Å²) in [4.78, 5) is 10.5. The van der Waals surface area contributed by atoms with Crippen LogP contribution in [0.25, 0.3) is 0 Å². The molecular formula is C22H25N3O3. The van der Waals surface area contributed by atoms with Crippen molar-refractivity contribution in [1.29, 1.82) is 5.41 Å². The molecule has 0 fully saturated rings. The number of nitrogens with two attached hydrogens (primary N) is 2. The van der Waals surface area contributed by atoms with Crippen molar-refractivity contribution < 1.29 is 14.3 Å². The van der Waals surface area contributed by atoms with E-state index in [-0.39, 0.29) is 24.2 Å². The molecule has 1 atom stereocenters. The lowest BCUT2D eigenvalue weighted by Crippen LogP contribution is -2.16. The molecule has 0 aliphatic heterocycles. The van der Waals surface area contributed by atoms with Gasteiger partial charge in [-0.2, -0.15) is 0 Å². The molecule has 0 bridgehead atoms. The first-order valence-electron chi connectivity index (χ1n) is 8.89. The van der Waals surface area contributed by atoms with E-state index < -0.39 is 0 Å². The highest BCUT2D eigenvalue weighted by atomic mass is 16.3. The van der Waals surface area contributed by atoms with Gasteiger partial charge in [0.2, 0.25) is 0 Å². The molecule has 6 nitrogen and oxygen atoms in total. The molecule has 0 amide bonds. The van der Waals surface area contributed by atoms with Crippen LogP contribution in [-0.2, 0) is 4.79 Å². The molecule has 0 radical (unpaired) electrons. The van der Waals surface area contributed by atoms with E-state index in [2.05, 4.69) is 0 Å². The Morgan fingerprint density at radius 1 is 1.29 bits per heavy atom. The van der Waals surface area contributed by atoms with Crippen molar-refractivity contribution in [3.63, 3.8) is 0 Å². The monoisotopic (exact) mass is 379 g/mol.